The van der Waals surface area contributed by atoms with Gasteiger partial charge in [-0.25, -0.2) is 4.98 Å². The Morgan fingerprint density at radius 3 is 2.72 bits per heavy atom. The maximum Gasteiger partial charge on any atom is 0.279 e. The first-order valence-corrected chi connectivity index (χ1v) is 7.82. The lowest BCUT2D eigenvalue weighted by Crippen LogP contribution is -2.33. The number of carbonyl (C=O) groups excluding carboxylic acids is 1. The minimum absolute atomic E-state index is 0.0182. The number of carbonyl (C=O) groups is 1. The molecule has 1 amide bonds. The summed E-state index contributed by atoms with van der Waals surface area (Å²) in [5.74, 6) is -0.612. The summed E-state index contributed by atoms with van der Waals surface area (Å²) in [6, 6.07) is 9.25. The van der Waals surface area contributed by atoms with E-state index >= 15 is 0 Å². The molecule has 2 N–H and O–H groups in total. The topological polar surface area (TPSA) is 96.8 Å². The second-order valence-corrected chi connectivity index (χ2v) is 5.90. The first-order chi connectivity index (χ1) is 11.9. The Morgan fingerprint density at radius 1 is 1.24 bits per heavy atom. The predicted octanol–water partition coefficient (Wildman–Crippen LogP) is 1.17. The van der Waals surface area contributed by atoms with E-state index in [9.17, 15) is 14.4 Å². The highest BCUT2D eigenvalue weighted by molar-refractivity contribution is 5.92. The predicted molar refractivity (Wildman–Crippen MR) is 94.7 cm³/mol. The molecule has 7 nitrogen and oxygen atoms in total. The molecule has 0 bridgehead atoms. The van der Waals surface area contributed by atoms with Crippen molar-refractivity contribution in [3.8, 4) is 0 Å². The first-order valence-electron chi connectivity index (χ1n) is 7.82. The molecular formula is C18H18N4O3. The van der Waals surface area contributed by atoms with Crippen molar-refractivity contribution in [2.75, 3.05) is 0 Å². The SMILES string of the molecule is Cc1nc(C(=O)NCc2cc3ccccc3n(C)c2=O)c(=O)[nH]c1C. The summed E-state index contributed by atoms with van der Waals surface area (Å²) >= 11 is 0. The molecule has 0 fully saturated rings. The number of hydrogen-bond donors (Lipinski definition) is 2. The number of amides is 1. The molecule has 0 radical (unpaired) electrons. The fourth-order valence-electron chi connectivity index (χ4n) is 2.65. The Morgan fingerprint density at radius 2 is 1.96 bits per heavy atom. The van der Waals surface area contributed by atoms with Gasteiger partial charge in [0.15, 0.2) is 5.69 Å². The van der Waals surface area contributed by atoms with Crippen LogP contribution in [0.25, 0.3) is 10.9 Å². The van der Waals surface area contributed by atoms with Gasteiger partial charge in [-0.05, 0) is 31.4 Å². The lowest BCUT2D eigenvalue weighted by Gasteiger charge is -2.10. The number of aromatic nitrogens is 3. The van der Waals surface area contributed by atoms with E-state index in [1.54, 1.807) is 27.0 Å². The zero-order valence-electron chi connectivity index (χ0n) is 14.2. The Balaban J connectivity index is 1.89. The molecule has 0 atom stereocenters. The highest BCUT2D eigenvalue weighted by atomic mass is 16.2. The molecule has 25 heavy (non-hydrogen) atoms. The summed E-state index contributed by atoms with van der Waals surface area (Å²) in [6.07, 6.45) is 0. The van der Waals surface area contributed by atoms with Crippen LogP contribution in [0.3, 0.4) is 0 Å². The average Bonchev–Trinajstić information content (AvgIpc) is 2.59. The van der Waals surface area contributed by atoms with Crippen LogP contribution in [-0.4, -0.2) is 20.4 Å². The van der Waals surface area contributed by atoms with E-state index in [-0.39, 0.29) is 17.8 Å². The van der Waals surface area contributed by atoms with Gasteiger partial charge in [0.05, 0.1) is 11.2 Å². The molecule has 2 heterocycles. The quantitative estimate of drug-likeness (QED) is 0.749. The lowest BCUT2D eigenvalue weighted by molar-refractivity contribution is 0.0943. The molecule has 0 aliphatic rings. The van der Waals surface area contributed by atoms with Crippen molar-refractivity contribution in [3.63, 3.8) is 0 Å². The molecule has 0 aliphatic carbocycles. The van der Waals surface area contributed by atoms with E-state index in [1.165, 1.54) is 4.57 Å². The molecule has 0 saturated heterocycles. The molecule has 1 aromatic carbocycles. The van der Waals surface area contributed by atoms with Crippen LogP contribution in [0.4, 0.5) is 0 Å². The van der Waals surface area contributed by atoms with Crippen LogP contribution >= 0.6 is 0 Å². The average molecular weight is 338 g/mol. The molecule has 0 spiro atoms. The third-order valence-electron chi connectivity index (χ3n) is 4.20. The molecule has 0 saturated carbocycles. The van der Waals surface area contributed by atoms with Gasteiger partial charge < -0.3 is 14.9 Å². The highest BCUT2D eigenvalue weighted by Gasteiger charge is 2.15. The van der Waals surface area contributed by atoms with Gasteiger partial charge in [-0.2, -0.15) is 0 Å². The van der Waals surface area contributed by atoms with Crippen molar-refractivity contribution in [1.29, 1.82) is 0 Å². The van der Waals surface area contributed by atoms with Gasteiger partial charge >= 0.3 is 0 Å². The van der Waals surface area contributed by atoms with Crippen molar-refractivity contribution in [2.24, 2.45) is 7.05 Å². The maximum atomic E-state index is 12.4. The molecule has 0 aliphatic heterocycles. The lowest BCUT2D eigenvalue weighted by atomic mass is 10.1. The van der Waals surface area contributed by atoms with Gasteiger partial charge in [0, 0.05) is 24.8 Å². The number of nitrogens with zero attached hydrogens (tertiary/aromatic N) is 2. The normalized spacial score (nSPS) is 10.8. The summed E-state index contributed by atoms with van der Waals surface area (Å²) in [6.45, 7) is 3.44. The number of aromatic amines is 1. The Labute approximate surface area is 143 Å². The van der Waals surface area contributed by atoms with Gasteiger partial charge in [0.2, 0.25) is 0 Å². The van der Waals surface area contributed by atoms with E-state index in [1.807, 2.05) is 24.3 Å². The van der Waals surface area contributed by atoms with Gasteiger partial charge in [0.25, 0.3) is 17.0 Å². The van der Waals surface area contributed by atoms with Crippen LogP contribution in [0.1, 0.15) is 27.4 Å². The van der Waals surface area contributed by atoms with E-state index in [0.717, 1.165) is 10.9 Å². The largest absolute Gasteiger partial charge is 0.346 e. The molecule has 2 aromatic heterocycles. The number of fused-ring (bicyclic) bond motifs is 1. The van der Waals surface area contributed by atoms with Crippen molar-refractivity contribution in [2.45, 2.75) is 20.4 Å². The molecule has 0 unspecified atom stereocenters. The minimum atomic E-state index is -0.612. The van der Waals surface area contributed by atoms with Crippen molar-refractivity contribution >= 4 is 16.8 Å². The fraction of sp³-hybridized carbons (Fsp3) is 0.222. The number of nitrogens with one attached hydrogen (secondary N) is 2. The third kappa shape index (κ3) is 3.08. The molecule has 7 heteroatoms. The van der Waals surface area contributed by atoms with Crippen LogP contribution in [-0.2, 0) is 13.6 Å². The van der Waals surface area contributed by atoms with Crippen molar-refractivity contribution < 1.29 is 4.79 Å². The molecule has 3 aromatic rings. The van der Waals surface area contributed by atoms with Crippen molar-refractivity contribution in [3.05, 3.63) is 73.7 Å². The summed E-state index contributed by atoms with van der Waals surface area (Å²) in [5.41, 5.74) is 1.50. The molecule has 3 rings (SSSR count). The van der Waals surface area contributed by atoms with Crippen LogP contribution in [0, 0.1) is 13.8 Å². The molecule has 128 valence electrons. The monoisotopic (exact) mass is 338 g/mol. The zero-order valence-corrected chi connectivity index (χ0v) is 14.2. The second kappa shape index (κ2) is 6.35. The zero-order chi connectivity index (χ0) is 18.1. The van der Waals surface area contributed by atoms with Crippen LogP contribution < -0.4 is 16.4 Å². The van der Waals surface area contributed by atoms with E-state index < -0.39 is 11.5 Å². The minimum Gasteiger partial charge on any atom is -0.346 e. The fourth-order valence-corrected chi connectivity index (χ4v) is 2.65. The number of benzene rings is 1. The van der Waals surface area contributed by atoms with E-state index in [2.05, 4.69) is 15.3 Å². The van der Waals surface area contributed by atoms with Crippen molar-refractivity contribution in [1.82, 2.24) is 19.9 Å². The van der Waals surface area contributed by atoms with Crippen LogP contribution in [0.5, 0.6) is 0 Å². The molecular weight excluding hydrogens is 320 g/mol. The summed E-state index contributed by atoms with van der Waals surface area (Å²) in [4.78, 5) is 43.2. The van der Waals surface area contributed by atoms with Gasteiger partial charge in [-0.3, -0.25) is 14.4 Å². The number of para-hydroxylation sites is 1. The van der Waals surface area contributed by atoms with Gasteiger partial charge in [-0.1, -0.05) is 18.2 Å². The second-order valence-electron chi connectivity index (χ2n) is 5.90. The van der Waals surface area contributed by atoms with E-state index in [4.69, 9.17) is 0 Å². The Bertz CT molecular complexity index is 1100. The number of rotatable bonds is 3. The number of H-pyrrole nitrogens is 1. The van der Waals surface area contributed by atoms with Gasteiger partial charge in [0.1, 0.15) is 0 Å². The van der Waals surface area contributed by atoms with E-state index in [0.29, 0.717) is 17.0 Å². The maximum absolute atomic E-state index is 12.4. The Kier molecular flexibility index (Phi) is 4.22. The van der Waals surface area contributed by atoms with Gasteiger partial charge in [-0.15, -0.1) is 0 Å². The first kappa shape index (κ1) is 16.6. The number of aryl methyl sites for hydroxylation is 3. The van der Waals surface area contributed by atoms with Crippen LogP contribution in [0.15, 0.2) is 39.9 Å². The summed E-state index contributed by atoms with van der Waals surface area (Å²) in [7, 11) is 1.69. The van der Waals surface area contributed by atoms with Crippen LogP contribution in [0.2, 0.25) is 0 Å². The third-order valence-corrected chi connectivity index (χ3v) is 4.20. The highest BCUT2D eigenvalue weighted by Crippen LogP contribution is 2.12. The summed E-state index contributed by atoms with van der Waals surface area (Å²) < 4.78 is 1.54. The number of pyridine rings is 1. The smallest absolute Gasteiger partial charge is 0.279 e. The summed E-state index contributed by atoms with van der Waals surface area (Å²) in [5, 5.41) is 3.50. The Hall–Kier alpha value is -3.22. The number of hydrogen-bond acceptors (Lipinski definition) is 4. The standard InChI is InChI=1S/C18H18N4O3/c1-10-11(2)21-17(24)15(20-10)16(23)19-9-13-8-12-6-4-5-7-14(12)22(3)18(13)25/h4-8H,9H2,1-3H3,(H,19,23)(H,21,24).